The molecular formula is C33H34F2N10OS. The van der Waals surface area contributed by atoms with Gasteiger partial charge in [0.15, 0.2) is 5.01 Å². The Labute approximate surface area is 274 Å². The van der Waals surface area contributed by atoms with E-state index in [-0.39, 0.29) is 23.9 Å². The van der Waals surface area contributed by atoms with Crippen LogP contribution in [0.5, 0.6) is 0 Å². The topological polar surface area (TPSA) is 139 Å². The molecule has 242 valence electrons. The van der Waals surface area contributed by atoms with Gasteiger partial charge in [0.25, 0.3) is 0 Å². The van der Waals surface area contributed by atoms with Crippen molar-refractivity contribution in [3.63, 3.8) is 0 Å². The first-order valence-corrected chi connectivity index (χ1v) is 16.7. The monoisotopic (exact) mass is 656 g/mol. The van der Waals surface area contributed by atoms with Crippen LogP contribution in [0.2, 0.25) is 0 Å². The van der Waals surface area contributed by atoms with Crippen molar-refractivity contribution in [2.24, 2.45) is 0 Å². The van der Waals surface area contributed by atoms with E-state index in [1.165, 1.54) is 6.20 Å². The van der Waals surface area contributed by atoms with Gasteiger partial charge in [0.1, 0.15) is 11.1 Å². The minimum absolute atomic E-state index is 0.00909. The molecular weight excluding hydrogens is 622 g/mol. The Balaban J connectivity index is 1.14. The lowest BCUT2D eigenvalue weighted by Crippen LogP contribution is -2.35. The lowest BCUT2D eigenvalue weighted by Gasteiger charge is -2.30. The summed E-state index contributed by atoms with van der Waals surface area (Å²) in [4.78, 5) is 16.3. The SMILES string of the molecule is CC(=O)NC1CCC(c2nnc(-c3cnc(-c4ccc5cc(C#N)cnn45)cc3NC3CCC(c4cnn(C(F)F)c4)CC3)s2)CC1. The van der Waals surface area contributed by atoms with E-state index in [0.717, 1.165) is 99.8 Å². The van der Waals surface area contributed by atoms with Crippen LogP contribution >= 0.6 is 11.3 Å². The van der Waals surface area contributed by atoms with Crippen molar-refractivity contribution in [2.45, 2.75) is 88.8 Å². The van der Waals surface area contributed by atoms with Gasteiger partial charge < -0.3 is 10.6 Å². The number of halogens is 2. The van der Waals surface area contributed by atoms with E-state index in [1.54, 1.807) is 41.2 Å². The van der Waals surface area contributed by atoms with Gasteiger partial charge in [-0.05, 0) is 87.1 Å². The predicted octanol–water partition coefficient (Wildman–Crippen LogP) is 6.68. The normalized spacial score (nSPS) is 21.5. The Morgan fingerprint density at radius 1 is 0.979 bits per heavy atom. The van der Waals surface area contributed by atoms with Crippen LogP contribution in [0.4, 0.5) is 14.5 Å². The highest BCUT2D eigenvalue weighted by Crippen LogP contribution is 2.41. The number of amides is 1. The van der Waals surface area contributed by atoms with Gasteiger partial charge in [-0.15, -0.1) is 10.2 Å². The van der Waals surface area contributed by atoms with Crippen LogP contribution in [0.25, 0.3) is 27.5 Å². The van der Waals surface area contributed by atoms with Gasteiger partial charge in [-0.2, -0.15) is 24.2 Å². The molecule has 0 saturated heterocycles. The molecule has 0 atom stereocenters. The van der Waals surface area contributed by atoms with E-state index in [2.05, 4.69) is 37.1 Å². The van der Waals surface area contributed by atoms with Gasteiger partial charge in [-0.25, -0.2) is 9.20 Å². The summed E-state index contributed by atoms with van der Waals surface area (Å²) in [5, 5.41) is 35.4. The van der Waals surface area contributed by atoms with Gasteiger partial charge in [0.05, 0.1) is 40.4 Å². The Hall–Kier alpha value is -4.77. The molecule has 5 aromatic heterocycles. The molecule has 0 aromatic carbocycles. The molecule has 0 unspecified atom stereocenters. The molecule has 47 heavy (non-hydrogen) atoms. The zero-order chi connectivity index (χ0) is 32.5. The summed E-state index contributed by atoms with van der Waals surface area (Å²) in [6.07, 6.45) is 13.6. The quantitative estimate of drug-likeness (QED) is 0.189. The molecule has 5 heterocycles. The standard InChI is InChI=1S/C33H34F2N10OS/c1-19(46)40-24-8-4-22(5-9-24)31-42-43-32(47-31)27-17-37-29(30-11-10-26-12-20(14-36)15-39-45(26)30)13-28(27)41-25-6-2-21(3-7-25)23-16-38-44(18-23)33(34)35/h10-13,15-18,21-22,24-25,33H,2-9H2,1H3,(H,37,41)(H,40,46). The summed E-state index contributed by atoms with van der Waals surface area (Å²) < 4.78 is 28.7. The molecule has 0 bridgehead atoms. The zero-order valence-corrected chi connectivity index (χ0v) is 26.6. The molecule has 2 fully saturated rings. The van der Waals surface area contributed by atoms with Crippen molar-refractivity contribution < 1.29 is 13.6 Å². The van der Waals surface area contributed by atoms with E-state index in [1.807, 2.05) is 24.4 Å². The Bertz CT molecular complexity index is 1930. The maximum Gasteiger partial charge on any atom is 0.333 e. The molecule has 2 saturated carbocycles. The maximum atomic E-state index is 13.1. The fourth-order valence-electron chi connectivity index (χ4n) is 6.88. The average molecular weight is 657 g/mol. The van der Waals surface area contributed by atoms with Crippen LogP contribution in [0.3, 0.4) is 0 Å². The first kappa shape index (κ1) is 30.9. The third-order valence-electron chi connectivity index (χ3n) is 9.33. The van der Waals surface area contributed by atoms with Crippen LogP contribution in [-0.2, 0) is 4.79 Å². The highest BCUT2D eigenvalue weighted by atomic mass is 32.1. The van der Waals surface area contributed by atoms with Crippen molar-refractivity contribution in [2.75, 3.05) is 5.32 Å². The second-order valence-electron chi connectivity index (χ2n) is 12.4. The lowest BCUT2D eigenvalue weighted by atomic mass is 9.83. The molecule has 0 aliphatic heterocycles. The van der Waals surface area contributed by atoms with Crippen LogP contribution in [0.15, 0.2) is 49.1 Å². The molecule has 2 N–H and O–H groups in total. The molecule has 11 nitrogen and oxygen atoms in total. The Kier molecular flexibility index (Phi) is 8.64. The largest absolute Gasteiger partial charge is 0.382 e. The molecule has 14 heteroatoms. The molecule has 0 radical (unpaired) electrons. The van der Waals surface area contributed by atoms with E-state index >= 15 is 0 Å². The third-order valence-corrected chi connectivity index (χ3v) is 10.4. The Morgan fingerprint density at radius 2 is 1.74 bits per heavy atom. The predicted molar refractivity (Wildman–Crippen MR) is 173 cm³/mol. The number of fused-ring (bicyclic) bond motifs is 1. The van der Waals surface area contributed by atoms with Gasteiger partial charge in [-0.1, -0.05) is 11.3 Å². The zero-order valence-electron chi connectivity index (χ0n) is 25.8. The number of alkyl halides is 2. The summed E-state index contributed by atoms with van der Waals surface area (Å²) in [7, 11) is 0. The number of carbonyl (C=O) groups is 1. The number of nitrogens with one attached hydrogen (secondary N) is 2. The summed E-state index contributed by atoms with van der Waals surface area (Å²) in [5.41, 5.74) is 5.43. The first-order valence-electron chi connectivity index (χ1n) is 15.9. The van der Waals surface area contributed by atoms with Crippen LogP contribution < -0.4 is 10.6 Å². The second-order valence-corrected chi connectivity index (χ2v) is 13.5. The van der Waals surface area contributed by atoms with Crippen LogP contribution in [0, 0.1) is 11.3 Å². The number of nitriles is 1. The van der Waals surface area contributed by atoms with Crippen molar-refractivity contribution >= 4 is 28.4 Å². The van der Waals surface area contributed by atoms with Crippen LogP contribution in [-0.4, -0.2) is 52.6 Å². The van der Waals surface area contributed by atoms with Crippen molar-refractivity contribution in [3.8, 4) is 28.0 Å². The molecule has 2 aliphatic carbocycles. The number of hydrogen-bond acceptors (Lipinski definition) is 9. The highest BCUT2D eigenvalue weighted by Gasteiger charge is 2.28. The van der Waals surface area contributed by atoms with Gasteiger partial charge in [0.2, 0.25) is 5.91 Å². The lowest BCUT2D eigenvalue weighted by molar-refractivity contribution is -0.119. The molecule has 5 aromatic rings. The van der Waals surface area contributed by atoms with E-state index < -0.39 is 6.55 Å². The van der Waals surface area contributed by atoms with Gasteiger partial charge in [0, 0.05) is 43.0 Å². The maximum absolute atomic E-state index is 13.1. The number of aromatic nitrogens is 7. The smallest absolute Gasteiger partial charge is 0.333 e. The van der Waals surface area contributed by atoms with Crippen molar-refractivity contribution in [1.29, 1.82) is 5.26 Å². The van der Waals surface area contributed by atoms with Crippen LogP contribution in [0.1, 0.15) is 92.8 Å². The number of pyridine rings is 1. The summed E-state index contributed by atoms with van der Waals surface area (Å²) in [6, 6.07) is 10.2. The molecule has 0 spiro atoms. The van der Waals surface area contributed by atoms with Crippen molar-refractivity contribution in [1.82, 2.24) is 39.9 Å². The highest BCUT2D eigenvalue weighted by molar-refractivity contribution is 7.14. The van der Waals surface area contributed by atoms with Crippen molar-refractivity contribution in [3.05, 3.63) is 65.2 Å². The Morgan fingerprint density at radius 3 is 2.47 bits per heavy atom. The fourth-order valence-corrected chi connectivity index (χ4v) is 7.92. The molecule has 1 amide bonds. The van der Waals surface area contributed by atoms with E-state index in [0.29, 0.717) is 11.5 Å². The minimum atomic E-state index is -2.64. The summed E-state index contributed by atoms with van der Waals surface area (Å²) in [5.74, 6) is 0.502. The summed E-state index contributed by atoms with van der Waals surface area (Å²) in [6.45, 7) is -1.08. The first-order chi connectivity index (χ1) is 22.8. The van der Waals surface area contributed by atoms with E-state index in [4.69, 9.17) is 4.98 Å². The number of anilines is 1. The molecule has 2 aliphatic rings. The number of carbonyl (C=O) groups excluding carboxylic acids is 1. The number of hydrogen-bond donors (Lipinski definition) is 2. The molecule has 7 rings (SSSR count). The second kappa shape index (κ2) is 13.2. The third kappa shape index (κ3) is 6.58. The summed E-state index contributed by atoms with van der Waals surface area (Å²) >= 11 is 1.59. The number of rotatable bonds is 8. The average Bonchev–Trinajstić information content (AvgIpc) is 3.85. The van der Waals surface area contributed by atoms with Gasteiger partial charge >= 0.3 is 6.55 Å². The van der Waals surface area contributed by atoms with Gasteiger partial charge in [-0.3, -0.25) is 9.78 Å². The minimum Gasteiger partial charge on any atom is -0.382 e. The fraction of sp³-hybridized carbons (Fsp3) is 0.424. The number of nitrogens with zero attached hydrogens (tertiary/aromatic N) is 8. The van der Waals surface area contributed by atoms with E-state index in [9.17, 15) is 18.8 Å².